The maximum atomic E-state index is 13.2. The lowest BCUT2D eigenvalue weighted by molar-refractivity contribution is -0.415. The molecule has 808 valence electrons. The number of carbonyl (C=O) groups is 4. The summed E-state index contributed by atoms with van der Waals surface area (Å²) in [6.45, 7) is -11.6. The third-order valence-corrected chi connectivity index (χ3v) is 25.3. The van der Waals surface area contributed by atoms with Crippen molar-refractivity contribution in [1.82, 2.24) is 10.6 Å². The number of phosphoric ester groups is 1. The summed E-state index contributed by atoms with van der Waals surface area (Å²) in [7, 11) is -5.99. The van der Waals surface area contributed by atoms with E-state index in [0.29, 0.717) is 0 Å². The summed E-state index contributed by atoms with van der Waals surface area (Å²) >= 11 is 0. The van der Waals surface area contributed by atoms with Crippen LogP contribution in [0.2, 0.25) is 0 Å². The first-order chi connectivity index (χ1) is 65.2. The van der Waals surface area contributed by atoms with Gasteiger partial charge in [-0.2, -0.15) is 0 Å². The molecule has 10 fully saturated rings. The van der Waals surface area contributed by atoms with Crippen molar-refractivity contribution >= 4 is 31.6 Å². The predicted octanol–water partition coefficient (Wildman–Crippen LogP) is -25.9. The van der Waals surface area contributed by atoms with Crippen LogP contribution in [0.15, 0.2) is 0 Å². The van der Waals surface area contributed by atoms with Crippen molar-refractivity contribution in [3.8, 4) is 0 Å². The molecule has 55 atom stereocenters. The molecule has 0 spiro atoms. The maximum absolute atomic E-state index is 13.2. The van der Waals surface area contributed by atoms with Crippen molar-refractivity contribution < 1.29 is 312 Å². The van der Waals surface area contributed by atoms with Crippen molar-refractivity contribution in [1.29, 1.82) is 0 Å². The van der Waals surface area contributed by atoms with E-state index in [1.807, 2.05) is 0 Å². The molecule has 0 radical (unpaired) electrons. The fraction of sp³-hybridized carbons (Fsp3) is 0.945. The van der Waals surface area contributed by atoms with Crippen LogP contribution in [0.4, 0.5) is 0 Å². The number of nitrogens with one attached hydrogen (secondary N) is 2. The van der Waals surface area contributed by atoms with E-state index in [4.69, 9.17) is 94.5 Å². The quantitative estimate of drug-likeness (QED) is 0.0253. The van der Waals surface area contributed by atoms with Crippen LogP contribution in [0.25, 0.3) is 0 Å². The van der Waals surface area contributed by atoms with Crippen LogP contribution in [0, 0.1) is 0 Å². The number of aliphatic carboxylic acids is 2. The molecule has 0 unspecified atom stereocenters. The molecule has 0 aromatic heterocycles. The monoisotopic (exact) mass is 2070 g/mol. The van der Waals surface area contributed by atoms with Crippen LogP contribution >= 0.6 is 7.82 Å². The molecular weight excluding hydrogens is 1940 g/mol. The second-order valence-corrected chi connectivity index (χ2v) is 35.6. The first-order valence-corrected chi connectivity index (χ1v) is 44.5. The molecule has 0 aromatic carbocycles. The molecule has 0 saturated carbocycles. The zero-order valence-electron chi connectivity index (χ0n) is 72.7. The highest BCUT2D eigenvalue weighted by atomic mass is 31.2. The van der Waals surface area contributed by atoms with Gasteiger partial charge in [-0.05, 0) is 0 Å². The van der Waals surface area contributed by atoms with E-state index in [1.165, 1.54) is 0 Å². The first kappa shape index (κ1) is 117. The summed E-state index contributed by atoms with van der Waals surface area (Å²) in [4.78, 5) is 71.0. The van der Waals surface area contributed by atoms with Crippen LogP contribution in [0.1, 0.15) is 26.7 Å². The largest absolute Gasteiger partial charge is 0.477 e. The van der Waals surface area contributed by atoms with Gasteiger partial charge >= 0.3 is 19.8 Å². The summed E-state index contributed by atoms with van der Waals surface area (Å²) in [6, 6.07) is -3.84. The molecule has 10 aliphatic heterocycles. The zero-order chi connectivity index (χ0) is 103. The highest BCUT2D eigenvalue weighted by Crippen LogP contribution is 2.48. The Bertz CT molecular complexity index is 3910. The van der Waals surface area contributed by atoms with Crippen LogP contribution < -0.4 is 10.6 Å². The third-order valence-electron chi connectivity index (χ3n) is 24.8. The highest BCUT2D eigenvalue weighted by Gasteiger charge is 2.66. The Morgan fingerprint density at radius 3 is 1.27 bits per heavy atom. The Morgan fingerprint density at radius 2 is 0.748 bits per heavy atom. The molecule has 65 nitrogen and oxygen atoms in total. The molecule has 10 saturated heterocycles. The Kier molecular flexibility index (Phi) is 41.4. The number of amides is 2. The van der Waals surface area contributed by atoms with E-state index < -0.39 is 447 Å². The minimum Gasteiger partial charge on any atom is -0.477 e. The molecule has 0 aromatic rings. The van der Waals surface area contributed by atoms with Gasteiger partial charge in [0.05, 0.1) is 78.2 Å². The third kappa shape index (κ3) is 25.7. The summed E-state index contributed by atoms with van der Waals surface area (Å²) in [6.07, 6.45) is -127. The van der Waals surface area contributed by atoms with E-state index in [9.17, 15) is 217 Å². The molecule has 40 N–H and O–H groups in total. The average molecular weight is 2070 g/mol. The summed E-state index contributed by atoms with van der Waals surface area (Å²) in [5.41, 5.74) is 0. The van der Waals surface area contributed by atoms with Crippen molar-refractivity contribution in [3.05, 3.63) is 0 Å². The average Bonchev–Trinajstić information content (AvgIpc) is 0.751. The molecule has 10 rings (SSSR count). The Morgan fingerprint density at radius 1 is 0.353 bits per heavy atom. The Balaban J connectivity index is 0.899. The van der Waals surface area contributed by atoms with E-state index in [2.05, 4.69) is 10.6 Å². The molecule has 2 amide bonds. The van der Waals surface area contributed by atoms with Gasteiger partial charge in [0.2, 0.25) is 11.8 Å². The number of phosphoric acid groups is 1. The predicted molar refractivity (Wildman–Crippen MR) is 416 cm³/mol. The minimum atomic E-state index is -5.99. The number of hydrogen-bond donors (Lipinski definition) is 40. The topological polar surface area (TPSA) is 1060 Å². The SMILES string of the molecule is CC(=O)N[C@H]1[C@H](O[C@H]2[C@@H](O)[C@@H](CO)O[C@@H](O[C@H]3[C@H](O)[C@H](O)[C@@H](OC[C@H]4O[C@@H](O[C@H]5[C@H](O[C@H]6O[C@H]([C@@H](O)CO)[C@@H](O)[C@H](O)[C@@H]6O[C@H]6O[C@H]([C@@H](O)CO)[C@@H](O)[C@H](O)[C@@H]6O)[C@H](O)[C@@H](O[C@H]6[C@@H]([C@H](O)CO)O[C@@](O)(C(=O)O)C[C@H]6OP(=O)(O)O)O[C@@H]5[C@@H](O)CO)[C@H](O)[C@@H](O)[C@@H]4O)O[C@@H]3[C@H](O)CO)[C@@H]2O)O[C@H](CO)[C@@H](O[C@@H]2O[C@H](CO)[C@H](O)[C@H](O[C@]3(C(=O)O)C[C@H](O)[C@@H](NC(C)=O)[C@H]([C@H](O)[C@H](O)CO)O3)[C@H]2O)[C@@H]1O. The van der Waals surface area contributed by atoms with Gasteiger partial charge in [-0.25, -0.2) is 14.2 Å². The maximum Gasteiger partial charge on any atom is 0.469 e. The standard InChI is InChI=1S/C73H123N2O63P/c1-15(85)74-29-17(87)3-73(71(113)114,136-55(29)31(94)18(88)5-76)137-57-34(97)26(12-83)121-67(46(57)109)128-53-27(13-84)122-62(30(35(53)98)75-16(2)86)130-56-33(96)25(11-82)120-66(45(56)108)131-58-41(104)44(107)63(126-50(58)21(91)8-79)119-14-28-32(95)36(99)42(105)64(123-28)134-61-51(22(92)9-80)127-68(129-54-24(138-139(116,117)118)4-72(115,70(111)112)135-52(54)23(93)10-81)47(110)59(61)132-69-60(40(103)39(102)49(125-69)20(90)7-78)133-65-43(106)37(100)38(101)48(124-65)19(89)6-77/h17-69,76-84,87-110,115H,3-14H2,1-2H3,(H,74,85)(H,75,86)(H,111,112)(H,113,114)(H2,116,117,118)/t17-,18+,19-,20-,21+,22-,23+,24+,25+,26+,27+,28+,29+,30+,31+,32+,33-,34-,35+,36-,37-,38-,39-,40-,41+,42+,43-,44-,45+,46+,47-,48+,49+,50+,51+,52+,53+,54+,55+,56-,57-,58-,59+,60-,61+,62-,63-,64-,65+,66-,67-,68+,69+,72+,73-/m0/s1. The first-order valence-electron chi connectivity index (χ1n) is 43.0. The van der Waals surface area contributed by atoms with Gasteiger partial charge in [0, 0.05) is 26.7 Å². The number of carboxylic acids is 2. The lowest BCUT2D eigenvalue weighted by Crippen LogP contribution is -2.71. The Hall–Kier alpha value is -4.13. The van der Waals surface area contributed by atoms with Crippen LogP contribution in [0.5, 0.6) is 0 Å². The fourth-order valence-electron chi connectivity index (χ4n) is 17.4. The zero-order valence-corrected chi connectivity index (χ0v) is 73.6. The smallest absolute Gasteiger partial charge is 0.469 e. The molecular formula is C73H123N2O63P. The number of carboxylic acid groups (broad SMARTS) is 2. The summed E-state index contributed by atoms with van der Waals surface area (Å²) < 4.78 is 127. The summed E-state index contributed by atoms with van der Waals surface area (Å²) in [5.74, 6) is -13.4. The van der Waals surface area contributed by atoms with Crippen molar-refractivity contribution in [2.75, 3.05) is 66.1 Å². The second kappa shape index (κ2) is 49.3. The minimum absolute atomic E-state index is 0.853. The molecule has 10 heterocycles. The van der Waals surface area contributed by atoms with Crippen molar-refractivity contribution in [2.45, 2.75) is 363 Å². The number of hydrogen-bond acceptors (Lipinski definition) is 59. The highest BCUT2D eigenvalue weighted by molar-refractivity contribution is 7.46. The van der Waals surface area contributed by atoms with Crippen LogP contribution in [-0.2, 0) is 118 Å². The molecule has 0 aliphatic carbocycles. The van der Waals surface area contributed by atoms with Gasteiger partial charge < -0.3 is 294 Å². The number of rotatable bonds is 41. The lowest BCUT2D eigenvalue weighted by atomic mass is 9.88. The molecule has 10 aliphatic rings. The molecule has 66 heteroatoms. The lowest BCUT2D eigenvalue weighted by Gasteiger charge is -2.52. The number of carbonyl (C=O) groups excluding carboxylic acids is 2. The van der Waals surface area contributed by atoms with Crippen LogP contribution in [-0.4, -0.2) is 620 Å². The van der Waals surface area contributed by atoms with Gasteiger partial charge in [0.15, 0.2) is 50.3 Å². The van der Waals surface area contributed by atoms with Gasteiger partial charge in [-0.3, -0.25) is 14.1 Å². The molecule has 139 heavy (non-hydrogen) atoms. The second-order valence-electron chi connectivity index (χ2n) is 34.4. The van der Waals surface area contributed by atoms with E-state index >= 15 is 0 Å². The fourth-order valence-corrected chi connectivity index (χ4v) is 18.0. The Labute approximate surface area is 781 Å². The molecule has 0 bridgehead atoms. The van der Waals surface area contributed by atoms with Crippen molar-refractivity contribution in [3.63, 3.8) is 0 Å². The summed E-state index contributed by atoms with van der Waals surface area (Å²) in [5, 5.41) is 404. The van der Waals surface area contributed by atoms with Gasteiger partial charge in [-0.1, -0.05) is 0 Å². The van der Waals surface area contributed by atoms with Gasteiger partial charge in [0.25, 0.3) is 11.6 Å². The van der Waals surface area contributed by atoms with Gasteiger partial charge in [0.1, 0.15) is 262 Å². The van der Waals surface area contributed by atoms with E-state index in [1.54, 1.807) is 0 Å². The van der Waals surface area contributed by atoms with Gasteiger partial charge in [-0.15, -0.1) is 0 Å². The van der Waals surface area contributed by atoms with E-state index in [-0.39, 0.29) is 0 Å². The normalized spacial score (nSPS) is 46.9. The number of aliphatic hydroxyl groups is 34. The number of ether oxygens (including phenoxy) is 19. The van der Waals surface area contributed by atoms with Crippen LogP contribution in [0.3, 0.4) is 0 Å². The van der Waals surface area contributed by atoms with Crippen molar-refractivity contribution in [2.24, 2.45) is 0 Å². The van der Waals surface area contributed by atoms with E-state index in [0.717, 1.165) is 13.8 Å². The number of aliphatic hydroxyl groups excluding tert-OH is 33.